The van der Waals surface area contributed by atoms with E-state index in [0.717, 1.165) is 16.2 Å². The summed E-state index contributed by atoms with van der Waals surface area (Å²) < 4.78 is 30.9. The number of thioether (sulfide) groups is 1. The van der Waals surface area contributed by atoms with Crippen molar-refractivity contribution in [2.45, 2.75) is 23.9 Å². The Hall–Kier alpha value is -2.66. The number of nitrogens with two attached hydrogens (primary N) is 1. The quantitative estimate of drug-likeness (QED) is 0.387. The number of carbonyl (C=O) groups is 1. The van der Waals surface area contributed by atoms with E-state index in [0.29, 0.717) is 22.2 Å². The number of aromatic nitrogens is 3. The van der Waals surface area contributed by atoms with Crippen LogP contribution in [0.15, 0.2) is 58.2 Å². The monoisotopic (exact) mass is 483 g/mol. The molecule has 0 saturated heterocycles. The molecule has 0 aliphatic heterocycles. The lowest BCUT2D eigenvalue weighted by atomic mass is 10.2. The van der Waals surface area contributed by atoms with Gasteiger partial charge in [-0.2, -0.15) is 8.78 Å². The molecule has 1 aromatic heterocycles. The number of hydrogen-bond donors (Lipinski definition) is 2. The maximum Gasteiger partial charge on any atom is 0.387 e. The Labute approximate surface area is 177 Å². The van der Waals surface area contributed by atoms with Crippen LogP contribution in [-0.2, 0) is 4.79 Å². The van der Waals surface area contributed by atoms with Crippen LogP contribution in [0.4, 0.5) is 14.5 Å². The number of nitrogens with one attached hydrogen (secondary N) is 1. The molecule has 152 valence electrons. The number of ether oxygens (including phenoxy) is 1. The maximum absolute atomic E-state index is 12.4. The topological polar surface area (TPSA) is 95.1 Å². The molecule has 3 rings (SSSR count). The number of halogens is 3. The van der Waals surface area contributed by atoms with Crippen molar-refractivity contribution in [3.8, 4) is 17.1 Å². The molecule has 2 aromatic carbocycles. The third-order valence-electron chi connectivity index (χ3n) is 3.75. The Bertz CT molecular complexity index is 1000. The van der Waals surface area contributed by atoms with Crippen LogP contribution in [0.25, 0.3) is 11.4 Å². The standard InChI is InChI=1S/C18H16BrF2N5O2S/c1-10(16(27)23-13-4-2-3-12(19)9-13)29-18-25-24-15(26(18)22)11-5-7-14(8-6-11)28-17(20)21/h2-10,17H,22H2,1H3,(H,23,27). The third-order valence-corrected chi connectivity index (χ3v) is 5.30. The number of amides is 1. The zero-order valence-corrected chi connectivity index (χ0v) is 17.5. The van der Waals surface area contributed by atoms with E-state index in [4.69, 9.17) is 5.84 Å². The van der Waals surface area contributed by atoms with Crippen molar-refractivity contribution in [2.24, 2.45) is 0 Å². The van der Waals surface area contributed by atoms with Crippen molar-refractivity contribution in [3.05, 3.63) is 53.0 Å². The number of nitrogen functional groups attached to an aromatic ring is 1. The molecule has 0 saturated carbocycles. The van der Waals surface area contributed by atoms with Gasteiger partial charge in [0.1, 0.15) is 5.75 Å². The highest BCUT2D eigenvalue weighted by Gasteiger charge is 2.20. The van der Waals surface area contributed by atoms with Gasteiger partial charge in [0.15, 0.2) is 5.82 Å². The summed E-state index contributed by atoms with van der Waals surface area (Å²) in [6, 6.07) is 13.1. The highest BCUT2D eigenvalue weighted by atomic mass is 79.9. The van der Waals surface area contributed by atoms with Crippen molar-refractivity contribution >= 4 is 39.3 Å². The molecule has 1 unspecified atom stereocenters. The van der Waals surface area contributed by atoms with Gasteiger partial charge < -0.3 is 15.9 Å². The zero-order valence-electron chi connectivity index (χ0n) is 15.1. The molecule has 1 heterocycles. The Morgan fingerprint density at radius 3 is 2.62 bits per heavy atom. The lowest BCUT2D eigenvalue weighted by Crippen LogP contribution is -2.23. The number of benzene rings is 2. The van der Waals surface area contributed by atoms with Crippen molar-refractivity contribution in [1.82, 2.24) is 14.9 Å². The first-order chi connectivity index (χ1) is 13.8. The number of rotatable bonds is 7. The number of hydrogen-bond acceptors (Lipinski definition) is 6. The van der Waals surface area contributed by atoms with Gasteiger partial charge in [-0.05, 0) is 49.4 Å². The first-order valence-corrected chi connectivity index (χ1v) is 9.99. The second kappa shape index (κ2) is 9.23. The van der Waals surface area contributed by atoms with E-state index in [1.54, 1.807) is 31.2 Å². The summed E-state index contributed by atoms with van der Waals surface area (Å²) >= 11 is 4.50. The van der Waals surface area contributed by atoms with Crippen LogP contribution in [0.2, 0.25) is 0 Å². The minimum Gasteiger partial charge on any atom is -0.435 e. The van der Waals surface area contributed by atoms with Gasteiger partial charge in [-0.25, -0.2) is 4.68 Å². The fraction of sp³-hybridized carbons (Fsp3) is 0.167. The predicted octanol–water partition coefficient (Wildman–Crippen LogP) is 4.14. The predicted molar refractivity (Wildman–Crippen MR) is 110 cm³/mol. The SMILES string of the molecule is CC(Sc1nnc(-c2ccc(OC(F)F)cc2)n1N)C(=O)Nc1cccc(Br)c1. The van der Waals surface area contributed by atoms with Gasteiger partial charge in [0, 0.05) is 15.7 Å². The summed E-state index contributed by atoms with van der Waals surface area (Å²) in [6.07, 6.45) is 0. The smallest absolute Gasteiger partial charge is 0.387 e. The molecule has 0 radical (unpaired) electrons. The Morgan fingerprint density at radius 2 is 1.97 bits per heavy atom. The van der Waals surface area contributed by atoms with E-state index in [1.807, 2.05) is 12.1 Å². The summed E-state index contributed by atoms with van der Waals surface area (Å²) in [5, 5.41) is 10.7. The molecule has 3 aromatic rings. The van der Waals surface area contributed by atoms with Gasteiger partial charge in [-0.1, -0.05) is 33.8 Å². The van der Waals surface area contributed by atoms with Crippen molar-refractivity contribution in [1.29, 1.82) is 0 Å². The molecular formula is C18H16BrF2N5O2S. The normalized spacial score (nSPS) is 12.0. The van der Waals surface area contributed by atoms with E-state index in [2.05, 4.69) is 36.2 Å². The fourth-order valence-corrected chi connectivity index (χ4v) is 3.53. The van der Waals surface area contributed by atoms with Crippen LogP contribution < -0.4 is 15.9 Å². The summed E-state index contributed by atoms with van der Waals surface area (Å²) in [4.78, 5) is 12.4. The van der Waals surface area contributed by atoms with Crippen LogP contribution in [-0.4, -0.2) is 32.6 Å². The molecule has 0 fully saturated rings. The molecule has 11 heteroatoms. The minimum atomic E-state index is -2.90. The van der Waals surface area contributed by atoms with Crippen LogP contribution in [0.3, 0.4) is 0 Å². The fourth-order valence-electron chi connectivity index (χ4n) is 2.36. The highest BCUT2D eigenvalue weighted by molar-refractivity contribution is 9.10. The lowest BCUT2D eigenvalue weighted by Gasteiger charge is -2.12. The first-order valence-electron chi connectivity index (χ1n) is 8.32. The van der Waals surface area contributed by atoms with Crippen molar-refractivity contribution in [3.63, 3.8) is 0 Å². The van der Waals surface area contributed by atoms with Gasteiger partial charge in [0.05, 0.1) is 5.25 Å². The highest BCUT2D eigenvalue weighted by Crippen LogP contribution is 2.27. The Morgan fingerprint density at radius 1 is 1.24 bits per heavy atom. The third kappa shape index (κ3) is 5.45. The van der Waals surface area contributed by atoms with E-state index < -0.39 is 11.9 Å². The van der Waals surface area contributed by atoms with E-state index in [-0.39, 0.29) is 11.7 Å². The minimum absolute atomic E-state index is 0.0271. The Balaban J connectivity index is 1.68. The zero-order chi connectivity index (χ0) is 21.0. The Kier molecular flexibility index (Phi) is 6.70. The molecular weight excluding hydrogens is 468 g/mol. The molecule has 3 N–H and O–H groups in total. The molecule has 29 heavy (non-hydrogen) atoms. The van der Waals surface area contributed by atoms with Crippen LogP contribution in [0, 0.1) is 0 Å². The number of nitrogens with zero attached hydrogens (tertiary/aromatic N) is 3. The first kappa shape index (κ1) is 21.1. The lowest BCUT2D eigenvalue weighted by molar-refractivity contribution is -0.115. The molecule has 0 bridgehead atoms. The number of carbonyl (C=O) groups excluding carboxylic acids is 1. The van der Waals surface area contributed by atoms with Crippen LogP contribution >= 0.6 is 27.7 Å². The molecule has 1 atom stereocenters. The molecule has 7 nitrogen and oxygen atoms in total. The summed E-state index contributed by atoms with van der Waals surface area (Å²) in [7, 11) is 0. The van der Waals surface area contributed by atoms with Crippen molar-refractivity contribution in [2.75, 3.05) is 11.2 Å². The second-order valence-corrected chi connectivity index (χ2v) is 8.06. The van der Waals surface area contributed by atoms with Crippen LogP contribution in [0.5, 0.6) is 5.75 Å². The molecule has 0 aliphatic carbocycles. The summed E-state index contributed by atoms with van der Waals surface area (Å²) in [6.45, 7) is -1.17. The average Bonchev–Trinajstić information content (AvgIpc) is 3.02. The van der Waals surface area contributed by atoms with Gasteiger partial charge in [-0.15, -0.1) is 10.2 Å². The van der Waals surface area contributed by atoms with Gasteiger partial charge in [0.2, 0.25) is 11.1 Å². The average molecular weight is 484 g/mol. The van der Waals surface area contributed by atoms with Crippen molar-refractivity contribution < 1.29 is 18.3 Å². The molecule has 1 amide bonds. The second-order valence-electron chi connectivity index (χ2n) is 5.84. The van der Waals surface area contributed by atoms with Gasteiger partial charge in [-0.3, -0.25) is 4.79 Å². The van der Waals surface area contributed by atoms with E-state index in [1.165, 1.54) is 16.8 Å². The molecule has 0 aliphatic rings. The van der Waals surface area contributed by atoms with Gasteiger partial charge in [0.25, 0.3) is 0 Å². The molecule has 0 spiro atoms. The van der Waals surface area contributed by atoms with Crippen LogP contribution in [0.1, 0.15) is 6.92 Å². The maximum atomic E-state index is 12.4. The van der Waals surface area contributed by atoms with Gasteiger partial charge >= 0.3 is 6.61 Å². The number of anilines is 1. The van der Waals surface area contributed by atoms with E-state index >= 15 is 0 Å². The van der Waals surface area contributed by atoms with E-state index in [9.17, 15) is 13.6 Å². The summed E-state index contributed by atoms with van der Waals surface area (Å²) in [5.74, 6) is 6.20. The summed E-state index contributed by atoms with van der Waals surface area (Å²) in [5.41, 5.74) is 1.23. The number of alkyl halides is 2. The largest absolute Gasteiger partial charge is 0.435 e.